The summed E-state index contributed by atoms with van der Waals surface area (Å²) in [6.07, 6.45) is 1.59. The summed E-state index contributed by atoms with van der Waals surface area (Å²) in [6.45, 7) is 3.23. The Balaban J connectivity index is 2.86. The SMILES string of the molecule is CCC(CC)(CNC(=O)c1ccnc(F)c1F)C(=O)O. The van der Waals surface area contributed by atoms with E-state index < -0.39 is 34.6 Å². The van der Waals surface area contributed by atoms with Crippen LogP contribution in [0, 0.1) is 17.2 Å². The van der Waals surface area contributed by atoms with Gasteiger partial charge in [0.2, 0.25) is 5.95 Å². The molecule has 0 atom stereocenters. The zero-order chi connectivity index (χ0) is 15.3. The fourth-order valence-electron chi connectivity index (χ4n) is 1.82. The number of nitrogens with one attached hydrogen (secondary N) is 1. The molecule has 1 amide bonds. The molecule has 0 saturated heterocycles. The lowest BCUT2D eigenvalue weighted by molar-refractivity contribution is -0.149. The van der Waals surface area contributed by atoms with Crippen molar-refractivity contribution in [2.24, 2.45) is 5.41 Å². The van der Waals surface area contributed by atoms with Crippen molar-refractivity contribution in [1.29, 1.82) is 0 Å². The van der Waals surface area contributed by atoms with Gasteiger partial charge in [0, 0.05) is 12.7 Å². The van der Waals surface area contributed by atoms with E-state index in [-0.39, 0.29) is 6.54 Å². The monoisotopic (exact) mass is 286 g/mol. The number of aromatic nitrogens is 1. The lowest BCUT2D eigenvalue weighted by atomic mass is 9.82. The van der Waals surface area contributed by atoms with Gasteiger partial charge in [0.05, 0.1) is 11.0 Å². The molecule has 0 aliphatic heterocycles. The first-order chi connectivity index (χ1) is 9.38. The normalized spacial score (nSPS) is 11.2. The minimum absolute atomic E-state index is 0.155. The van der Waals surface area contributed by atoms with E-state index in [0.717, 1.165) is 12.3 Å². The topological polar surface area (TPSA) is 79.3 Å². The highest BCUT2D eigenvalue weighted by Crippen LogP contribution is 2.25. The van der Waals surface area contributed by atoms with Crippen LogP contribution in [-0.4, -0.2) is 28.5 Å². The third kappa shape index (κ3) is 3.09. The smallest absolute Gasteiger partial charge is 0.311 e. The number of pyridine rings is 1. The first kappa shape index (κ1) is 16.0. The van der Waals surface area contributed by atoms with Gasteiger partial charge >= 0.3 is 5.97 Å². The molecular weight excluding hydrogens is 270 g/mol. The number of carboxylic acid groups (broad SMARTS) is 1. The lowest BCUT2D eigenvalue weighted by Gasteiger charge is -2.26. The van der Waals surface area contributed by atoms with Crippen LogP contribution in [0.15, 0.2) is 12.3 Å². The summed E-state index contributed by atoms with van der Waals surface area (Å²) in [5, 5.41) is 11.5. The van der Waals surface area contributed by atoms with Gasteiger partial charge in [0.1, 0.15) is 0 Å². The number of nitrogens with zero attached hydrogens (tertiary/aromatic N) is 1. The number of amides is 1. The average molecular weight is 286 g/mol. The van der Waals surface area contributed by atoms with E-state index >= 15 is 0 Å². The van der Waals surface area contributed by atoms with Crippen LogP contribution in [0.4, 0.5) is 8.78 Å². The summed E-state index contributed by atoms with van der Waals surface area (Å²) in [6, 6.07) is 1.04. The molecule has 0 fully saturated rings. The predicted octanol–water partition coefficient (Wildman–Crippen LogP) is 1.98. The molecule has 5 nitrogen and oxygen atoms in total. The van der Waals surface area contributed by atoms with Crippen LogP contribution in [0.3, 0.4) is 0 Å². The Morgan fingerprint density at radius 2 is 1.95 bits per heavy atom. The Kier molecular flexibility index (Phi) is 5.12. The highest BCUT2D eigenvalue weighted by atomic mass is 19.2. The number of halogens is 2. The maximum Gasteiger partial charge on any atom is 0.311 e. The molecule has 1 aromatic heterocycles. The zero-order valence-electron chi connectivity index (χ0n) is 11.2. The fraction of sp³-hybridized carbons (Fsp3) is 0.462. The minimum Gasteiger partial charge on any atom is -0.481 e. The number of carboxylic acids is 1. The van der Waals surface area contributed by atoms with Crippen LogP contribution in [0.2, 0.25) is 0 Å². The fourth-order valence-corrected chi connectivity index (χ4v) is 1.82. The van der Waals surface area contributed by atoms with Gasteiger partial charge in [0.25, 0.3) is 5.91 Å². The lowest BCUT2D eigenvalue weighted by Crippen LogP contribution is -2.42. The number of aliphatic carboxylic acids is 1. The number of hydrogen-bond donors (Lipinski definition) is 2. The average Bonchev–Trinajstić information content (AvgIpc) is 2.43. The largest absolute Gasteiger partial charge is 0.481 e. The van der Waals surface area contributed by atoms with Crippen LogP contribution in [0.1, 0.15) is 37.0 Å². The molecule has 20 heavy (non-hydrogen) atoms. The van der Waals surface area contributed by atoms with Gasteiger partial charge in [0.15, 0.2) is 5.82 Å². The van der Waals surface area contributed by atoms with E-state index in [1.54, 1.807) is 13.8 Å². The van der Waals surface area contributed by atoms with E-state index in [0.29, 0.717) is 12.8 Å². The number of carbonyl (C=O) groups excluding carboxylic acids is 1. The van der Waals surface area contributed by atoms with Gasteiger partial charge in [-0.3, -0.25) is 9.59 Å². The van der Waals surface area contributed by atoms with Crippen molar-refractivity contribution in [2.45, 2.75) is 26.7 Å². The molecule has 1 heterocycles. The Morgan fingerprint density at radius 1 is 1.35 bits per heavy atom. The molecule has 7 heteroatoms. The van der Waals surface area contributed by atoms with Crippen molar-refractivity contribution in [2.75, 3.05) is 6.54 Å². The van der Waals surface area contributed by atoms with Gasteiger partial charge in [-0.1, -0.05) is 13.8 Å². The highest BCUT2D eigenvalue weighted by molar-refractivity contribution is 5.94. The first-order valence-corrected chi connectivity index (χ1v) is 6.19. The Hall–Kier alpha value is -2.05. The van der Waals surface area contributed by atoms with Crippen molar-refractivity contribution in [3.8, 4) is 0 Å². The molecule has 1 rings (SSSR count). The summed E-state index contributed by atoms with van der Waals surface area (Å²) < 4.78 is 26.3. The van der Waals surface area contributed by atoms with Gasteiger partial charge in [-0.25, -0.2) is 9.37 Å². The van der Waals surface area contributed by atoms with E-state index in [1.165, 1.54) is 0 Å². The number of hydrogen-bond acceptors (Lipinski definition) is 3. The maximum absolute atomic E-state index is 13.4. The molecule has 0 radical (unpaired) electrons. The van der Waals surface area contributed by atoms with Gasteiger partial charge in [-0.2, -0.15) is 4.39 Å². The standard InChI is InChI=1S/C13H16F2N2O3/c1-3-13(4-2,12(19)20)7-17-11(18)8-5-6-16-10(15)9(8)14/h5-6H,3-4,7H2,1-2H3,(H,17,18)(H,19,20). The third-order valence-electron chi connectivity index (χ3n) is 3.49. The van der Waals surface area contributed by atoms with E-state index in [9.17, 15) is 23.5 Å². The number of rotatable bonds is 6. The zero-order valence-corrected chi connectivity index (χ0v) is 11.2. The van der Waals surface area contributed by atoms with Crippen molar-refractivity contribution in [3.63, 3.8) is 0 Å². The molecular formula is C13H16F2N2O3. The molecule has 0 aliphatic rings. The van der Waals surface area contributed by atoms with Crippen molar-refractivity contribution >= 4 is 11.9 Å². The predicted molar refractivity (Wildman–Crippen MR) is 67.1 cm³/mol. The number of carbonyl (C=O) groups is 2. The van der Waals surface area contributed by atoms with Crippen LogP contribution in [0.5, 0.6) is 0 Å². The summed E-state index contributed by atoms with van der Waals surface area (Å²) >= 11 is 0. The molecule has 0 bridgehead atoms. The third-order valence-corrected chi connectivity index (χ3v) is 3.49. The molecule has 2 N–H and O–H groups in total. The van der Waals surface area contributed by atoms with Crippen molar-refractivity contribution in [3.05, 3.63) is 29.6 Å². The van der Waals surface area contributed by atoms with E-state index in [1.807, 2.05) is 0 Å². The summed E-state index contributed by atoms with van der Waals surface area (Å²) in [5.41, 5.74) is -1.61. The van der Waals surface area contributed by atoms with Crippen LogP contribution < -0.4 is 5.32 Å². The molecule has 1 aromatic rings. The van der Waals surface area contributed by atoms with Crippen LogP contribution in [-0.2, 0) is 4.79 Å². The van der Waals surface area contributed by atoms with E-state index in [4.69, 9.17) is 0 Å². The Bertz CT molecular complexity index is 516. The molecule has 0 aromatic carbocycles. The van der Waals surface area contributed by atoms with Gasteiger partial charge in [-0.15, -0.1) is 0 Å². The molecule has 0 spiro atoms. The van der Waals surface area contributed by atoms with Crippen LogP contribution >= 0.6 is 0 Å². The quantitative estimate of drug-likeness (QED) is 0.784. The molecule has 0 aliphatic carbocycles. The summed E-state index contributed by atoms with van der Waals surface area (Å²) in [4.78, 5) is 26.1. The minimum atomic E-state index is -1.37. The van der Waals surface area contributed by atoms with Gasteiger partial charge < -0.3 is 10.4 Å². The van der Waals surface area contributed by atoms with Gasteiger partial charge in [-0.05, 0) is 18.9 Å². The van der Waals surface area contributed by atoms with Crippen LogP contribution in [0.25, 0.3) is 0 Å². The van der Waals surface area contributed by atoms with Crippen molar-refractivity contribution < 1.29 is 23.5 Å². The summed E-state index contributed by atoms with van der Waals surface area (Å²) in [5.74, 6) is -4.62. The second-order valence-corrected chi connectivity index (χ2v) is 4.44. The maximum atomic E-state index is 13.4. The first-order valence-electron chi connectivity index (χ1n) is 6.19. The summed E-state index contributed by atoms with van der Waals surface area (Å²) in [7, 11) is 0. The molecule has 0 saturated carbocycles. The molecule has 0 unspecified atom stereocenters. The van der Waals surface area contributed by atoms with E-state index in [2.05, 4.69) is 10.3 Å². The Morgan fingerprint density at radius 3 is 2.45 bits per heavy atom. The second kappa shape index (κ2) is 6.40. The Labute approximate surface area is 115 Å². The second-order valence-electron chi connectivity index (χ2n) is 4.44. The van der Waals surface area contributed by atoms with Crippen molar-refractivity contribution in [1.82, 2.24) is 10.3 Å². The highest BCUT2D eigenvalue weighted by Gasteiger charge is 2.35. The molecule has 110 valence electrons.